The van der Waals surface area contributed by atoms with Crippen LogP contribution in [0.15, 0.2) is 30.3 Å². The van der Waals surface area contributed by atoms with Crippen molar-refractivity contribution in [3.63, 3.8) is 0 Å². The summed E-state index contributed by atoms with van der Waals surface area (Å²) in [5.41, 5.74) is 1.27. The SMILES string of the molecule is O=C(NC1C2CC3CC(C2)CC1C3)[C@H]1COCCN1Cc1ccccc1. The van der Waals surface area contributed by atoms with E-state index in [1.807, 2.05) is 6.07 Å². The first-order valence-corrected chi connectivity index (χ1v) is 10.4. The van der Waals surface area contributed by atoms with E-state index >= 15 is 0 Å². The van der Waals surface area contributed by atoms with Gasteiger partial charge in [0.2, 0.25) is 5.91 Å². The highest BCUT2D eigenvalue weighted by Crippen LogP contribution is 2.53. The van der Waals surface area contributed by atoms with E-state index in [0.29, 0.717) is 19.3 Å². The zero-order valence-corrected chi connectivity index (χ0v) is 15.5. The van der Waals surface area contributed by atoms with Crippen LogP contribution in [-0.2, 0) is 16.1 Å². The Bertz CT molecular complexity index is 619. The standard InChI is InChI=1S/C22H30N2O2/c25-22(23-21-18-9-16-8-17(11-18)12-19(21)10-16)20-14-26-7-6-24(20)13-15-4-2-1-3-5-15/h1-5,16-21H,6-14H2,(H,23,25)/t16?,17?,18?,19?,20-,21?/m1/s1. The molecule has 1 aromatic carbocycles. The molecule has 6 rings (SSSR count). The smallest absolute Gasteiger partial charge is 0.239 e. The third kappa shape index (κ3) is 3.18. The molecule has 0 spiro atoms. The second-order valence-electron chi connectivity index (χ2n) is 9.01. The summed E-state index contributed by atoms with van der Waals surface area (Å²) in [6.07, 6.45) is 6.81. The molecule has 4 saturated carbocycles. The van der Waals surface area contributed by atoms with Gasteiger partial charge in [0, 0.05) is 19.1 Å². The van der Waals surface area contributed by atoms with Crippen molar-refractivity contribution in [1.82, 2.24) is 10.2 Å². The van der Waals surface area contributed by atoms with Gasteiger partial charge in [0.05, 0.1) is 13.2 Å². The molecule has 4 bridgehead atoms. The molecule has 5 aliphatic rings. The van der Waals surface area contributed by atoms with Gasteiger partial charge in [-0.15, -0.1) is 0 Å². The molecule has 4 nitrogen and oxygen atoms in total. The first-order valence-electron chi connectivity index (χ1n) is 10.4. The molecule has 1 aromatic rings. The van der Waals surface area contributed by atoms with Gasteiger partial charge in [-0.1, -0.05) is 30.3 Å². The second kappa shape index (κ2) is 6.97. The fourth-order valence-corrected chi connectivity index (χ4v) is 6.31. The van der Waals surface area contributed by atoms with E-state index < -0.39 is 0 Å². The minimum absolute atomic E-state index is 0.152. The van der Waals surface area contributed by atoms with Gasteiger partial charge in [0.1, 0.15) is 6.04 Å². The summed E-state index contributed by atoms with van der Waals surface area (Å²) in [5, 5.41) is 3.49. The van der Waals surface area contributed by atoms with Crippen LogP contribution < -0.4 is 5.32 Å². The normalized spacial score (nSPS) is 39.1. The van der Waals surface area contributed by atoms with Gasteiger partial charge in [0.25, 0.3) is 0 Å². The van der Waals surface area contributed by atoms with Crippen LogP contribution in [0, 0.1) is 23.7 Å². The Labute approximate surface area is 156 Å². The zero-order chi connectivity index (χ0) is 17.5. The summed E-state index contributed by atoms with van der Waals surface area (Å²) in [6.45, 7) is 2.89. The molecular formula is C22H30N2O2. The van der Waals surface area contributed by atoms with Crippen LogP contribution >= 0.6 is 0 Å². The average Bonchev–Trinajstić information content (AvgIpc) is 2.65. The Morgan fingerprint density at radius 1 is 1.04 bits per heavy atom. The van der Waals surface area contributed by atoms with Crippen LogP contribution in [0.25, 0.3) is 0 Å². The van der Waals surface area contributed by atoms with Crippen LogP contribution in [0.3, 0.4) is 0 Å². The predicted octanol–water partition coefficient (Wildman–Crippen LogP) is 2.83. The second-order valence-corrected chi connectivity index (χ2v) is 9.01. The molecule has 26 heavy (non-hydrogen) atoms. The highest BCUT2D eigenvalue weighted by Gasteiger charge is 2.49. The van der Waals surface area contributed by atoms with E-state index in [-0.39, 0.29) is 11.9 Å². The molecule has 1 aliphatic heterocycles. The Kier molecular flexibility index (Phi) is 4.49. The van der Waals surface area contributed by atoms with Crippen LogP contribution in [0.1, 0.15) is 37.7 Å². The number of morpholine rings is 1. The van der Waals surface area contributed by atoms with Gasteiger partial charge in [-0.2, -0.15) is 0 Å². The van der Waals surface area contributed by atoms with Crippen molar-refractivity contribution >= 4 is 5.91 Å². The molecule has 1 atom stereocenters. The third-order valence-electron chi connectivity index (χ3n) is 7.31. The fourth-order valence-electron chi connectivity index (χ4n) is 6.31. The Morgan fingerprint density at radius 3 is 2.42 bits per heavy atom. The maximum Gasteiger partial charge on any atom is 0.239 e. The summed E-state index contributed by atoms with van der Waals surface area (Å²) in [6, 6.07) is 10.7. The van der Waals surface area contributed by atoms with Gasteiger partial charge < -0.3 is 10.1 Å². The first-order chi connectivity index (χ1) is 12.8. The van der Waals surface area contributed by atoms with Crippen molar-refractivity contribution in [1.29, 1.82) is 0 Å². The van der Waals surface area contributed by atoms with E-state index in [2.05, 4.69) is 34.5 Å². The van der Waals surface area contributed by atoms with E-state index in [9.17, 15) is 4.79 Å². The number of ether oxygens (including phenoxy) is 1. The largest absolute Gasteiger partial charge is 0.378 e. The van der Waals surface area contributed by atoms with E-state index in [1.165, 1.54) is 37.7 Å². The third-order valence-corrected chi connectivity index (χ3v) is 7.31. The number of hydrogen-bond donors (Lipinski definition) is 1. The molecule has 1 N–H and O–H groups in total. The molecule has 1 amide bonds. The van der Waals surface area contributed by atoms with Gasteiger partial charge in [0.15, 0.2) is 0 Å². The molecule has 4 aliphatic carbocycles. The molecule has 4 heteroatoms. The molecule has 140 valence electrons. The van der Waals surface area contributed by atoms with E-state index in [4.69, 9.17) is 4.74 Å². The quantitative estimate of drug-likeness (QED) is 0.904. The highest BCUT2D eigenvalue weighted by atomic mass is 16.5. The zero-order valence-electron chi connectivity index (χ0n) is 15.5. The molecule has 0 unspecified atom stereocenters. The molecule has 0 aromatic heterocycles. The number of nitrogens with zero attached hydrogens (tertiary/aromatic N) is 1. The van der Waals surface area contributed by atoms with Crippen LogP contribution in [-0.4, -0.2) is 42.6 Å². The van der Waals surface area contributed by atoms with E-state index in [0.717, 1.165) is 36.8 Å². The van der Waals surface area contributed by atoms with Gasteiger partial charge in [-0.25, -0.2) is 0 Å². The predicted molar refractivity (Wildman–Crippen MR) is 100 cm³/mol. The van der Waals surface area contributed by atoms with Crippen molar-refractivity contribution in [2.24, 2.45) is 23.7 Å². The lowest BCUT2D eigenvalue weighted by molar-refractivity contribution is -0.136. The lowest BCUT2D eigenvalue weighted by Crippen LogP contribution is -2.60. The number of rotatable bonds is 4. The Balaban J connectivity index is 1.26. The molecule has 0 radical (unpaired) electrons. The minimum atomic E-state index is -0.152. The number of nitrogens with one attached hydrogen (secondary N) is 1. The average molecular weight is 354 g/mol. The van der Waals surface area contributed by atoms with Crippen molar-refractivity contribution in [3.05, 3.63) is 35.9 Å². The van der Waals surface area contributed by atoms with Crippen LogP contribution in [0.2, 0.25) is 0 Å². The molecular weight excluding hydrogens is 324 g/mol. The summed E-state index contributed by atoms with van der Waals surface area (Å²) in [4.78, 5) is 15.5. The lowest BCUT2D eigenvalue weighted by Gasteiger charge is -2.54. The van der Waals surface area contributed by atoms with Crippen LogP contribution in [0.4, 0.5) is 0 Å². The minimum Gasteiger partial charge on any atom is -0.378 e. The topological polar surface area (TPSA) is 41.6 Å². The van der Waals surface area contributed by atoms with Gasteiger partial charge >= 0.3 is 0 Å². The molecule has 1 saturated heterocycles. The van der Waals surface area contributed by atoms with Crippen molar-refractivity contribution in [2.75, 3.05) is 19.8 Å². The number of carbonyl (C=O) groups is 1. The first kappa shape index (κ1) is 16.8. The monoisotopic (exact) mass is 354 g/mol. The number of carbonyl (C=O) groups excluding carboxylic acids is 1. The highest BCUT2D eigenvalue weighted by molar-refractivity contribution is 5.82. The Hall–Kier alpha value is -1.39. The van der Waals surface area contributed by atoms with Gasteiger partial charge in [-0.3, -0.25) is 9.69 Å². The number of benzene rings is 1. The summed E-state index contributed by atoms with van der Waals surface area (Å²) >= 11 is 0. The maximum absolute atomic E-state index is 13.2. The maximum atomic E-state index is 13.2. The molecule has 1 heterocycles. The van der Waals surface area contributed by atoms with Crippen LogP contribution in [0.5, 0.6) is 0 Å². The van der Waals surface area contributed by atoms with Crippen molar-refractivity contribution in [2.45, 2.75) is 50.7 Å². The Morgan fingerprint density at radius 2 is 1.73 bits per heavy atom. The van der Waals surface area contributed by atoms with E-state index in [1.54, 1.807) is 0 Å². The summed E-state index contributed by atoms with van der Waals surface area (Å²) < 4.78 is 5.68. The summed E-state index contributed by atoms with van der Waals surface area (Å²) in [5.74, 6) is 3.53. The fraction of sp³-hybridized carbons (Fsp3) is 0.682. The lowest BCUT2D eigenvalue weighted by atomic mass is 9.54. The van der Waals surface area contributed by atoms with Gasteiger partial charge in [-0.05, 0) is 61.3 Å². The molecule has 5 fully saturated rings. The van der Waals surface area contributed by atoms with Crippen molar-refractivity contribution in [3.8, 4) is 0 Å². The van der Waals surface area contributed by atoms with Crippen molar-refractivity contribution < 1.29 is 9.53 Å². The number of amides is 1. The number of hydrogen-bond acceptors (Lipinski definition) is 3. The summed E-state index contributed by atoms with van der Waals surface area (Å²) in [7, 11) is 0.